The molecule has 0 spiro atoms. The number of para-hydroxylation sites is 1. The summed E-state index contributed by atoms with van der Waals surface area (Å²) in [5.74, 6) is 0. The molecule has 0 aliphatic rings. The highest BCUT2D eigenvalue weighted by molar-refractivity contribution is 7.94. The number of amidine groups is 1. The topological polar surface area (TPSA) is 55.5 Å². The number of carbonyl (C=O) groups excluding carboxylic acids is 1. The zero-order valence-electron chi connectivity index (χ0n) is 12.5. The van der Waals surface area contributed by atoms with E-state index in [1.54, 1.807) is 29.4 Å². The fourth-order valence-electron chi connectivity index (χ4n) is 1.57. The lowest BCUT2D eigenvalue weighted by molar-refractivity contribution is -0.365. The number of nitrogens with one attached hydrogen (secondary N) is 2. The molecule has 1 aromatic rings. The molecule has 9 heteroatoms. The Morgan fingerprint density at radius 2 is 1.86 bits per heavy atom. The highest BCUT2D eigenvalue weighted by atomic mass is 127. The Morgan fingerprint density at radius 3 is 2.32 bits per heavy atom. The molecule has 124 valence electrons. The van der Waals surface area contributed by atoms with Crippen molar-refractivity contribution in [2.45, 2.75) is 13.8 Å². The summed E-state index contributed by atoms with van der Waals surface area (Å²) in [7, 11) is 0. The Balaban J connectivity index is 0.00000441. The van der Waals surface area contributed by atoms with Gasteiger partial charge in [-0.15, -0.1) is 0 Å². The lowest BCUT2D eigenvalue weighted by Gasteiger charge is -2.15. The fourth-order valence-corrected chi connectivity index (χ4v) is 2.32. The molecule has 2 N–H and O–H groups in total. The summed E-state index contributed by atoms with van der Waals surface area (Å²) in [6.45, 7) is 5.00. The molecule has 22 heavy (non-hydrogen) atoms. The van der Waals surface area contributed by atoms with Gasteiger partial charge in [0.1, 0.15) is 0 Å². The Bertz CT molecular complexity index is 508. The van der Waals surface area contributed by atoms with Gasteiger partial charge in [-0.3, -0.25) is 0 Å². The highest BCUT2D eigenvalue weighted by Crippen LogP contribution is 2.24. The SMILES string of the molecule is CCN(CC)C(=O)NC(=[NH+]c1c(Cl)cccc1Cl)OSC.[I-]. The third-order valence-corrected chi connectivity index (χ3v) is 3.60. The van der Waals surface area contributed by atoms with Crippen LogP contribution in [-0.2, 0) is 4.18 Å². The van der Waals surface area contributed by atoms with Gasteiger partial charge in [0.15, 0.2) is 5.69 Å². The largest absolute Gasteiger partial charge is 1.00 e. The van der Waals surface area contributed by atoms with Gasteiger partial charge in [0.05, 0.1) is 22.1 Å². The summed E-state index contributed by atoms with van der Waals surface area (Å²) < 4.78 is 5.31. The summed E-state index contributed by atoms with van der Waals surface area (Å²) in [6, 6.07) is 5.02. The summed E-state index contributed by atoms with van der Waals surface area (Å²) in [6.07, 6.45) is 1.74. The van der Waals surface area contributed by atoms with Crippen molar-refractivity contribution in [3.05, 3.63) is 28.2 Å². The molecule has 5 nitrogen and oxygen atoms in total. The second kappa shape index (κ2) is 11.2. The van der Waals surface area contributed by atoms with Gasteiger partial charge in [0, 0.05) is 19.3 Å². The van der Waals surface area contributed by atoms with Crippen molar-refractivity contribution >= 4 is 53.0 Å². The predicted octanol–water partition coefficient (Wildman–Crippen LogP) is -0.588. The lowest BCUT2D eigenvalue weighted by atomic mass is 10.3. The number of urea groups is 1. The lowest BCUT2D eigenvalue weighted by Crippen LogP contribution is -3.00. The number of hydrogen-bond acceptors (Lipinski definition) is 3. The maximum absolute atomic E-state index is 12.0. The molecule has 1 rings (SSSR count). The average Bonchev–Trinajstić information content (AvgIpc) is 2.44. The maximum Gasteiger partial charge on any atom is 0.468 e. The summed E-state index contributed by atoms with van der Waals surface area (Å²) in [5, 5.41) is 3.52. The highest BCUT2D eigenvalue weighted by Gasteiger charge is 2.21. The Labute approximate surface area is 162 Å². The van der Waals surface area contributed by atoms with Crippen LogP contribution in [0.3, 0.4) is 0 Å². The second-order valence-corrected chi connectivity index (χ2v) is 5.22. The molecule has 0 aromatic heterocycles. The van der Waals surface area contributed by atoms with Crippen LogP contribution in [0.2, 0.25) is 10.0 Å². The third-order valence-electron chi connectivity index (χ3n) is 2.64. The second-order valence-electron chi connectivity index (χ2n) is 3.90. The molecule has 0 atom stereocenters. The summed E-state index contributed by atoms with van der Waals surface area (Å²) in [4.78, 5) is 16.6. The van der Waals surface area contributed by atoms with Crippen molar-refractivity contribution in [1.82, 2.24) is 10.2 Å². The first-order valence-electron chi connectivity index (χ1n) is 6.38. The number of amides is 2. The van der Waals surface area contributed by atoms with Crippen LogP contribution in [0.4, 0.5) is 10.5 Å². The van der Waals surface area contributed by atoms with Gasteiger partial charge in [-0.1, -0.05) is 29.3 Å². The molecule has 0 fully saturated rings. The molecule has 0 aliphatic carbocycles. The van der Waals surface area contributed by atoms with E-state index in [0.29, 0.717) is 28.8 Å². The maximum atomic E-state index is 12.0. The zero-order valence-corrected chi connectivity index (χ0v) is 16.9. The van der Waals surface area contributed by atoms with Gasteiger partial charge in [-0.2, -0.15) is 5.32 Å². The number of halogens is 3. The van der Waals surface area contributed by atoms with Crippen molar-refractivity contribution in [1.29, 1.82) is 0 Å². The number of hydrogen-bond donors (Lipinski definition) is 2. The Morgan fingerprint density at radius 1 is 1.32 bits per heavy atom. The van der Waals surface area contributed by atoms with E-state index in [2.05, 4.69) is 10.3 Å². The third kappa shape index (κ3) is 6.39. The van der Waals surface area contributed by atoms with Crippen LogP contribution >= 0.6 is 35.2 Å². The monoisotopic (exact) mass is 477 g/mol. The van der Waals surface area contributed by atoms with Crippen LogP contribution in [0.25, 0.3) is 0 Å². The summed E-state index contributed by atoms with van der Waals surface area (Å²) >= 11 is 13.3. The van der Waals surface area contributed by atoms with Crippen molar-refractivity contribution in [2.24, 2.45) is 0 Å². The molecule has 0 saturated carbocycles. The van der Waals surface area contributed by atoms with Gasteiger partial charge in [0.2, 0.25) is 0 Å². The molecular weight excluding hydrogens is 460 g/mol. The normalized spacial score (nSPS) is 10.7. The van der Waals surface area contributed by atoms with Crippen molar-refractivity contribution < 1.29 is 37.9 Å². The molecular formula is C13H18Cl2IN3O2S. The molecule has 1 aromatic carbocycles. The van der Waals surface area contributed by atoms with Gasteiger partial charge in [0.25, 0.3) is 0 Å². The van der Waals surface area contributed by atoms with Gasteiger partial charge < -0.3 is 33.1 Å². The number of nitrogens with zero attached hydrogens (tertiary/aromatic N) is 1. The van der Waals surface area contributed by atoms with Crippen LogP contribution < -0.4 is 34.3 Å². The number of benzene rings is 1. The molecule has 0 bridgehead atoms. The minimum atomic E-state index is -0.264. The standard InChI is InChI=1S/C13H17Cl2N3O2S.HI/c1-4-18(5-2)13(19)17-12(20-21-3)16-11-9(14)7-6-8-10(11)15;/h6-8H,4-5H2,1-3H3,(H,16,17,19);1H. The van der Waals surface area contributed by atoms with Crippen molar-refractivity contribution in [2.75, 3.05) is 19.3 Å². The first-order chi connectivity index (χ1) is 10.0. The van der Waals surface area contributed by atoms with Crippen LogP contribution in [-0.4, -0.2) is 36.3 Å². The van der Waals surface area contributed by atoms with E-state index in [1.165, 1.54) is 0 Å². The minimum absolute atomic E-state index is 0. The van der Waals surface area contributed by atoms with Gasteiger partial charge >= 0.3 is 12.1 Å². The molecule has 0 saturated heterocycles. The average molecular weight is 478 g/mol. The van der Waals surface area contributed by atoms with E-state index in [-0.39, 0.29) is 36.0 Å². The van der Waals surface area contributed by atoms with Gasteiger partial charge in [-0.25, -0.2) is 9.79 Å². The first-order valence-corrected chi connectivity index (χ1v) is 8.28. The van der Waals surface area contributed by atoms with Crippen LogP contribution in [0.5, 0.6) is 0 Å². The Kier molecular flexibility index (Phi) is 11.0. The van der Waals surface area contributed by atoms with E-state index in [0.717, 1.165) is 12.0 Å². The molecule has 2 amide bonds. The quantitative estimate of drug-likeness (QED) is 0.264. The van der Waals surface area contributed by atoms with Crippen molar-refractivity contribution in [3.8, 4) is 0 Å². The van der Waals surface area contributed by atoms with E-state index in [9.17, 15) is 4.79 Å². The Hall–Kier alpha value is -0.380. The minimum Gasteiger partial charge on any atom is -1.00 e. The number of carbonyl (C=O) groups is 1. The summed E-state index contributed by atoms with van der Waals surface area (Å²) in [5.41, 5.74) is 0.477. The van der Waals surface area contributed by atoms with E-state index in [4.69, 9.17) is 27.4 Å². The van der Waals surface area contributed by atoms with Crippen molar-refractivity contribution in [3.63, 3.8) is 0 Å². The van der Waals surface area contributed by atoms with Crippen LogP contribution in [0, 0.1) is 0 Å². The smallest absolute Gasteiger partial charge is 0.468 e. The molecule has 0 unspecified atom stereocenters. The van der Waals surface area contributed by atoms with E-state index in [1.807, 2.05) is 13.8 Å². The molecule has 0 heterocycles. The number of rotatable bonds is 4. The molecule has 0 aliphatic heterocycles. The first kappa shape index (κ1) is 21.6. The molecule has 0 radical (unpaired) electrons. The fraction of sp³-hybridized carbons (Fsp3) is 0.385. The van der Waals surface area contributed by atoms with Crippen LogP contribution in [0.15, 0.2) is 18.2 Å². The van der Waals surface area contributed by atoms with Crippen LogP contribution in [0.1, 0.15) is 13.8 Å². The predicted molar refractivity (Wildman–Crippen MR) is 88.1 cm³/mol. The van der Waals surface area contributed by atoms with E-state index >= 15 is 0 Å². The van der Waals surface area contributed by atoms with Gasteiger partial charge in [-0.05, 0) is 26.0 Å². The zero-order chi connectivity index (χ0) is 15.8. The van der Waals surface area contributed by atoms with E-state index < -0.39 is 0 Å².